The van der Waals surface area contributed by atoms with Crippen LogP contribution in [0.2, 0.25) is 0 Å². The van der Waals surface area contributed by atoms with Crippen molar-refractivity contribution in [2.75, 3.05) is 39.6 Å². The van der Waals surface area contributed by atoms with Gasteiger partial charge in [0.15, 0.2) is 0 Å². The van der Waals surface area contributed by atoms with E-state index in [1.807, 2.05) is 52.0 Å². The molecule has 33 heavy (non-hydrogen) atoms. The minimum absolute atomic E-state index is 0.0285. The predicted octanol–water partition coefficient (Wildman–Crippen LogP) is 4.81. The SMILES string of the molecule is CCOC(=O)COCCOCCCCCCOc1cccc([C@@H](C)NC(=O)OC(C)(C)C)c1. The van der Waals surface area contributed by atoms with E-state index < -0.39 is 11.7 Å². The number of nitrogens with one attached hydrogen (secondary N) is 1. The van der Waals surface area contributed by atoms with Gasteiger partial charge in [-0.15, -0.1) is 0 Å². The lowest BCUT2D eigenvalue weighted by Crippen LogP contribution is -2.34. The van der Waals surface area contributed by atoms with Crippen LogP contribution < -0.4 is 10.1 Å². The molecule has 1 rings (SSSR count). The summed E-state index contributed by atoms with van der Waals surface area (Å²) in [6.45, 7) is 11.7. The zero-order valence-corrected chi connectivity index (χ0v) is 20.8. The number of ether oxygens (including phenoxy) is 5. The first-order valence-corrected chi connectivity index (χ1v) is 11.7. The Hall–Kier alpha value is -2.32. The highest BCUT2D eigenvalue weighted by Gasteiger charge is 2.18. The van der Waals surface area contributed by atoms with Crippen LogP contribution in [0.1, 0.15) is 71.9 Å². The molecule has 1 aromatic rings. The van der Waals surface area contributed by atoms with Gasteiger partial charge in [0.05, 0.1) is 32.5 Å². The molecule has 0 spiro atoms. The van der Waals surface area contributed by atoms with E-state index in [1.54, 1.807) is 6.92 Å². The molecule has 0 saturated carbocycles. The molecule has 1 amide bonds. The monoisotopic (exact) mass is 467 g/mol. The Balaban J connectivity index is 2.10. The molecule has 0 radical (unpaired) electrons. The molecular formula is C25H41NO7. The van der Waals surface area contributed by atoms with Crippen LogP contribution >= 0.6 is 0 Å². The van der Waals surface area contributed by atoms with Crippen LogP contribution in [0, 0.1) is 0 Å². The van der Waals surface area contributed by atoms with E-state index in [1.165, 1.54) is 0 Å². The van der Waals surface area contributed by atoms with Crippen LogP contribution in [-0.2, 0) is 23.7 Å². The fourth-order valence-corrected chi connectivity index (χ4v) is 2.87. The molecule has 0 unspecified atom stereocenters. The summed E-state index contributed by atoms with van der Waals surface area (Å²) in [5, 5.41) is 2.84. The summed E-state index contributed by atoms with van der Waals surface area (Å²) in [6.07, 6.45) is 3.61. The van der Waals surface area contributed by atoms with E-state index in [0.717, 1.165) is 37.0 Å². The number of carbonyl (C=O) groups is 2. The van der Waals surface area contributed by atoms with Gasteiger partial charge >= 0.3 is 12.1 Å². The normalized spacial score (nSPS) is 12.2. The molecule has 8 nitrogen and oxygen atoms in total. The van der Waals surface area contributed by atoms with Gasteiger partial charge in [0.25, 0.3) is 0 Å². The van der Waals surface area contributed by atoms with Crippen LogP contribution in [0.25, 0.3) is 0 Å². The fraction of sp³-hybridized carbons (Fsp3) is 0.680. The summed E-state index contributed by atoms with van der Waals surface area (Å²) in [4.78, 5) is 23.1. The Morgan fingerprint density at radius 2 is 1.67 bits per heavy atom. The van der Waals surface area contributed by atoms with Gasteiger partial charge < -0.3 is 29.0 Å². The quantitative estimate of drug-likeness (QED) is 0.275. The van der Waals surface area contributed by atoms with Crippen molar-refractivity contribution in [2.45, 2.75) is 71.9 Å². The third kappa shape index (κ3) is 15.2. The Morgan fingerprint density at radius 1 is 0.970 bits per heavy atom. The summed E-state index contributed by atoms with van der Waals surface area (Å²) in [5.74, 6) is 0.440. The zero-order chi connectivity index (χ0) is 24.5. The average Bonchev–Trinajstić information content (AvgIpc) is 2.73. The van der Waals surface area contributed by atoms with Crippen molar-refractivity contribution >= 4 is 12.1 Å². The Morgan fingerprint density at radius 3 is 2.36 bits per heavy atom. The van der Waals surface area contributed by atoms with E-state index in [0.29, 0.717) is 33.0 Å². The third-order valence-corrected chi connectivity index (χ3v) is 4.44. The van der Waals surface area contributed by atoms with Gasteiger partial charge in [0, 0.05) is 6.61 Å². The number of unbranched alkanes of at least 4 members (excludes halogenated alkanes) is 3. The van der Waals surface area contributed by atoms with Gasteiger partial charge in [-0.05, 0) is 71.6 Å². The van der Waals surface area contributed by atoms with Crippen molar-refractivity contribution in [3.8, 4) is 5.75 Å². The van der Waals surface area contributed by atoms with Crippen LogP contribution in [0.3, 0.4) is 0 Å². The summed E-state index contributed by atoms with van der Waals surface area (Å²) in [6, 6.07) is 7.56. The van der Waals surface area contributed by atoms with Crippen molar-refractivity contribution < 1.29 is 33.3 Å². The molecule has 0 bridgehead atoms. The Kier molecular flexibility index (Phi) is 14.2. The minimum atomic E-state index is -0.527. The molecular weight excluding hydrogens is 426 g/mol. The van der Waals surface area contributed by atoms with Crippen LogP contribution in [0.4, 0.5) is 4.79 Å². The molecule has 188 valence electrons. The van der Waals surface area contributed by atoms with Crippen LogP contribution in [0.5, 0.6) is 5.75 Å². The van der Waals surface area contributed by atoms with Gasteiger partial charge in [-0.25, -0.2) is 9.59 Å². The fourth-order valence-electron chi connectivity index (χ4n) is 2.87. The molecule has 1 N–H and O–H groups in total. The molecule has 1 atom stereocenters. The van der Waals surface area contributed by atoms with Gasteiger partial charge in [-0.2, -0.15) is 0 Å². The second kappa shape index (κ2) is 16.3. The first-order chi connectivity index (χ1) is 15.7. The number of hydrogen-bond acceptors (Lipinski definition) is 7. The number of hydrogen-bond donors (Lipinski definition) is 1. The summed E-state index contributed by atoms with van der Waals surface area (Å²) < 4.78 is 26.6. The van der Waals surface area contributed by atoms with Crippen LogP contribution in [0.15, 0.2) is 24.3 Å². The molecule has 0 aliphatic heterocycles. The number of alkyl carbamates (subject to hydrolysis) is 1. The van der Waals surface area contributed by atoms with Crippen molar-refractivity contribution in [3.63, 3.8) is 0 Å². The standard InChI is InChI=1S/C25H41NO7/c1-6-31-23(27)19-30-17-16-29-14-9-7-8-10-15-32-22-13-11-12-21(18-22)20(2)26-24(28)33-25(3,4)5/h11-13,18,20H,6-10,14-17,19H2,1-5H3,(H,26,28)/t20-/m1/s1. The highest BCUT2D eigenvalue weighted by Crippen LogP contribution is 2.20. The number of esters is 1. The zero-order valence-electron chi connectivity index (χ0n) is 20.8. The minimum Gasteiger partial charge on any atom is -0.494 e. The van der Waals surface area contributed by atoms with E-state index in [-0.39, 0.29) is 18.6 Å². The highest BCUT2D eigenvalue weighted by molar-refractivity contribution is 5.70. The second-order valence-electron chi connectivity index (χ2n) is 8.67. The van der Waals surface area contributed by atoms with E-state index in [2.05, 4.69) is 5.32 Å². The molecule has 0 aromatic heterocycles. The first-order valence-electron chi connectivity index (χ1n) is 11.7. The lowest BCUT2D eigenvalue weighted by atomic mass is 10.1. The lowest BCUT2D eigenvalue weighted by molar-refractivity contribution is -0.148. The third-order valence-electron chi connectivity index (χ3n) is 4.44. The van der Waals surface area contributed by atoms with E-state index in [9.17, 15) is 9.59 Å². The molecule has 0 aliphatic rings. The van der Waals surface area contributed by atoms with Crippen molar-refractivity contribution in [1.82, 2.24) is 5.32 Å². The lowest BCUT2D eigenvalue weighted by Gasteiger charge is -2.22. The predicted molar refractivity (Wildman–Crippen MR) is 126 cm³/mol. The van der Waals surface area contributed by atoms with Gasteiger partial charge in [0.1, 0.15) is 18.0 Å². The van der Waals surface area contributed by atoms with Gasteiger partial charge in [0.2, 0.25) is 0 Å². The first kappa shape index (κ1) is 28.7. The highest BCUT2D eigenvalue weighted by atomic mass is 16.6. The van der Waals surface area contributed by atoms with Crippen molar-refractivity contribution in [1.29, 1.82) is 0 Å². The largest absolute Gasteiger partial charge is 0.494 e. The molecule has 8 heteroatoms. The van der Waals surface area contributed by atoms with Crippen molar-refractivity contribution in [3.05, 3.63) is 29.8 Å². The molecule has 0 saturated heterocycles. The smallest absolute Gasteiger partial charge is 0.408 e. The van der Waals surface area contributed by atoms with E-state index in [4.69, 9.17) is 23.7 Å². The maximum absolute atomic E-state index is 12.0. The van der Waals surface area contributed by atoms with E-state index >= 15 is 0 Å². The maximum Gasteiger partial charge on any atom is 0.408 e. The van der Waals surface area contributed by atoms with Crippen LogP contribution in [-0.4, -0.2) is 57.3 Å². The average molecular weight is 468 g/mol. The Bertz CT molecular complexity index is 688. The number of benzene rings is 1. The summed E-state index contributed by atoms with van der Waals surface area (Å²) in [7, 11) is 0. The van der Waals surface area contributed by atoms with Gasteiger partial charge in [-0.3, -0.25) is 0 Å². The number of rotatable bonds is 16. The Labute approximate surface area is 198 Å². The second-order valence-corrected chi connectivity index (χ2v) is 8.67. The number of carbonyl (C=O) groups excluding carboxylic acids is 2. The molecule has 0 heterocycles. The number of amides is 1. The molecule has 0 fully saturated rings. The molecule has 0 aliphatic carbocycles. The summed E-state index contributed by atoms with van der Waals surface area (Å²) >= 11 is 0. The molecule has 1 aromatic carbocycles. The van der Waals surface area contributed by atoms with Gasteiger partial charge in [-0.1, -0.05) is 18.6 Å². The topological polar surface area (TPSA) is 92.3 Å². The summed E-state index contributed by atoms with van der Waals surface area (Å²) in [5.41, 5.74) is 0.433. The maximum atomic E-state index is 12.0. The van der Waals surface area contributed by atoms with Crippen molar-refractivity contribution in [2.24, 2.45) is 0 Å².